The lowest BCUT2D eigenvalue weighted by molar-refractivity contribution is -0.269. The molecule has 2 bridgehead atoms. The molecule has 0 radical (unpaired) electrons. The van der Waals surface area contributed by atoms with Gasteiger partial charge in [0.2, 0.25) is 0 Å². The van der Waals surface area contributed by atoms with Gasteiger partial charge in [-0.2, -0.15) is 13.6 Å². The molecule has 3 rings (SSSR count). The van der Waals surface area contributed by atoms with Crippen LogP contribution < -0.4 is 4.89 Å². The first-order valence-electron chi connectivity index (χ1n) is 8.85. The Morgan fingerprint density at radius 3 is 2.75 bits per heavy atom. The summed E-state index contributed by atoms with van der Waals surface area (Å²) in [5, 5.41) is 0. The molecule has 2 aliphatic rings. The third-order valence-corrected chi connectivity index (χ3v) is 6.34. The largest absolute Gasteiger partial charge is 0.606 e. The SMILES string of the molecule is CC[C@@H]1C[C@H]2CC[C@@H]([C@@H](C)COCc3ccccc3)O[P+]([O-])(O1)O2. The molecule has 0 spiro atoms. The van der Waals surface area contributed by atoms with Gasteiger partial charge in [-0.05, 0) is 24.8 Å². The van der Waals surface area contributed by atoms with Crippen LogP contribution in [0.15, 0.2) is 30.3 Å². The highest BCUT2D eigenvalue weighted by Crippen LogP contribution is 2.63. The van der Waals surface area contributed by atoms with Crippen LogP contribution in [0.1, 0.15) is 45.1 Å². The summed E-state index contributed by atoms with van der Waals surface area (Å²) in [5.41, 5.74) is 1.15. The highest BCUT2D eigenvalue weighted by Gasteiger charge is 2.50. The van der Waals surface area contributed by atoms with Crippen LogP contribution in [0.2, 0.25) is 0 Å². The van der Waals surface area contributed by atoms with E-state index in [1.165, 1.54) is 0 Å². The summed E-state index contributed by atoms with van der Waals surface area (Å²) in [6.07, 6.45) is 3.10. The fourth-order valence-corrected chi connectivity index (χ4v) is 5.18. The Morgan fingerprint density at radius 2 is 2.00 bits per heavy atom. The molecular formula is C18H27O5P. The lowest BCUT2D eigenvalue weighted by Gasteiger charge is -2.36. The summed E-state index contributed by atoms with van der Waals surface area (Å²) >= 11 is 0. The van der Waals surface area contributed by atoms with E-state index in [9.17, 15) is 4.89 Å². The van der Waals surface area contributed by atoms with E-state index in [1.807, 2.05) is 37.3 Å². The van der Waals surface area contributed by atoms with Crippen LogP contribution in [0.4, 0.5) is 0 Å². The summed E-state index contributed by atoms with van der Waals surface area (Å²) in [6.45, 7) is 5.23. The molecule has 2 aliphatic heterocycles. The van der Waals surface area contributed by atoms with Gasteiger partial charge in [-0.25, -0.2) is 0 Å². The first-order chi connectivity index (χ1) is 11.6. The van der Waals surface area contributed by atoms with Gasteiger partial charge in [0.25, 0.3) is 0 Å². The zero-order valence-corrected chi connectivity index (χ0v) is 15.3. The highest BCUT2D eigenvalue weighted by atomic mass is 31.2. The monoisotopic (exact) mass is 354 g/mol. The van der Waals surface area contributed by atoms with Crippen molar-refractivity contribution < 1.29 is 23.2 Å². The summed E-state index contributed by atoms with van der Waals surface area (Å²) in [5.74, 6) is 0.131. The van der Waals surface area contributed by atoms with Crippen molar-refractivity contribution in [2.24, 2.45) is 5.92 Å². The molecule has 134 valence electrons. The number of hydrogen-bond donors (Lipinski definition) is 0. The van der Waals surface area contributed by atoms with Crippen molar-refractivity contribution in [1.82, 2.24) is 0 Å². The van der Waals surface area contributed by atoms with Crippen molar-refractivity contribution in [3.05, 3.63) is 35.9 Å². The average molecular weight is 354 g/mol. The fourth-order valence-electron chi connectivity index (χ4n) is 3.23. The summed E-state index contributed by atoms with van der Waals surface area (Å²) < 4.78 is 22.8. The molecule has 0 aliphatic carbocycles. The van der Waals surface area contributed by atoms with E-state index in [-0.39, 0.29) is 24.2 Å². The van der Waals surface area contributed by atoms with Crippen molar-refractivity contribution in [3.8, 4) is 0 Å². The zero-order valence-electron chi connectivity index (χ0n) is 14.4. The molecule has 2 saturated heterocycles. The van der Waals surface area contributed by atoms with E-state index >= 15 is 0 Å². The van der Waals surface area contributed by atoms with Crippen LogP contribution >= 0.6 is 8.17 Å². The predicted octanol–water partition coefficient (Wildman–Crippen LogP) is 3.64. The smallest absolute Gasteiger partial charge is 0.380 e. The Hall–Kier alpha value is -0.550. The molecule has 0 N–H and O–H groups in total. The van der Waals surface area contributed by atoms with Crippen LogP contribution in [0, 0.1) is 5.92 Å². The van der Waals surface area contributed by atoms with E-state index in [0.29, 0.717) is 13.2 Å². The highest BCUT2D eigenvalue weighted by molar-refractivity contribution is 7.54. The van der Waals surface area contributed by atoms with Gasteiger partial charge in [-0.1, -0.05) is 44.2 Å². The lowest BCUT2D eigenvalue weighted by atomic mass is 9.97. The Bertz CT molecular complexity index is 513. The summed E-state index contributed by atoms with van der Waals surface area (Å²) in [7, 11) is -3.44. The quantitative estimate of drug-likeness (QED) is 0.730. The van der Waals surface area contributed by atoms with Crippen LogP contribution in [0.3, 0.4) is 0 Å². The zero-order chi connectivity index (χ0) is 17.0. The maximum atomic E-state index is 12.8. The predicted molar refractivity (Wildman–Crippen MR) is 90.9 cm³/mol. The van der Waals surface area contributed by atoms with E-state index in [1.54, 1.807) is 0 Å². The van der Waals surface area contributed by atoms with Gasteiger partial charge in [-0.15, -0.1) is 0 Å². The van der Waals surface area contributed by atoms with Gasteiger partial charge in [0, 0.05) is 12.3 Å². The Balaban J connectivity index is 1.52. The van der Waals surface area contributed by atoms with E-state index in [4.69, 9.17) is 18.3 Å². The molecule has 24 heavy (non-hydrogen) atoms. The van der Waals surface area contributed by atoms with Crippen molar-refractivity contribution >= 4 is 8.17 Å². The van der Waals surface area contributed by atoms with Crippen LogP contribution in [0.5, 0.6) is 0 Å². The molecule has 1 unspecified atom stereocenters. The number of hydrogen-bond acceptors (Lipinski definition) is 5. The number of ether oxygens (including phenoxy) is 1. The summed E-state index contributed by atoms with van der Waals surface area (Å²) in [6, 6.07) is 10.1. The number of phosphoric ester groups is 1. The van der Waals surface area contributed by atoms with E-state index in [2.05, 4.69) is 6.92 Å². The van der Waals surface area contributed by atoms with Crippen molar-refractivity contribution in [2.45, 2.75) is 64.4 Å². The standard InChI is InChI=1S/C18H27O5P/c1-3-16-11-17-9-10-18(23-24(19,21-16)22-17)14(2)12-20-13-15-7-5-4-6-8-15/h4-8,14,16-18H,3,9-13H2,1-2H3/t14-,16+,17+,18-,24?/m0/s1. The van der Waals surface area contributed by atoms with Gasteiger partial charge in [-0.3, -0.25) is 0 Å². The molecule has 6 heteroatoms. The summed E-state index contributed by atoms with van der Waals surface area (Å²) in [4.78, 5) is 12.8. The molecule has 5 atom stereocenters. The molecule has 0 aromatic heterocycles. The first kappa shape index (κ1) is 18.2. The van der Waals surface area contributed by atoms with E-state index in [0.717, 1.165) is 31.2 Å². The third-order valence-electron chi connectivity index (χ3n) is 4.70. The van der Waals surface area contributed by atoms with Gasteiger partial charge in [0.15, 0.2) is 0 Å². The fraction of sp³-hybridized carbons (Fsp3) is 0.667. The van der Waals surface area contributed by atoms with E-state index < -0.39 is 8.17 Å². The topological polar surface area (TPSA) is 60.0 Å². The number of rotatable bonds is 6. The maximum Gasteiger partial charge on any atom is 0.380 e. The van der Waals surface area contributed by atoms with Gasteiger partial charge in [0.05, 0.1) is 13.2 Å². The minimum absolute atomic E-state index is 0.0167. The third kappa shape index (κ3) is 4.75. The minimum atomic E-state index is -3.44. The second-order valence-corrected chi connectivity index (χ2v) is 8.27. The van der Waals surface area contributed by atoms with Crippen LogP contribution in [-0.4, -0.2) is 24.9 Å². The second kappa shape index (κ2) is 8.22. The molecule has 2 heterocycles. The Labute approximate surface area is 144 Å². The lowest BCUT2D eigenvalue weighted by Crippen LogP contribution is -2.35. The maximum absolute atomic E-state index is 12.8. The van der Waals surface area contributed by atoms with Gasteiger partial charge < -0.3 is 9.63 Å². The van der Waals surface area contributed by atoms with Crippen molar-refractivity contribution in [3.63, 3.8) is 0 Å². The van der Waals surface area contributed by atoms with Gasteiger partial charge >= 0.3 is 8.17 Å². The normalized spacial score (nSPS) is 34.5. The molecular weight excluding hydrogens is 327 g/mol. The van der Waals surface area contributed by atoms with Gasteiger partial charge in [0.1, 0.15) is 18.3 Å². The number of fused-ring (bicyclic) bond motifs is 2. The molecule has 1 aromatic rings. The van der Waals surface area contributed by atoms with Crippen molar-refractivity contribution in [2.75, 3.05) is 6.61 Å². The van der Waals surface area contributed by atoms with Crippen LogP contribution in [0.25, 0.3) is 0 Å². The minimum Gasteiger partial charge on any atom is -0.606 e. The molecule has 0 amide bonds. The molecule has 2 fully saturated rings. The Kier molecular flexibility index (Phi) is 6.25. The van der Waals surface area contributed by atoms with Crippen LogP contribution in [-0.2, 0) is 24.9 Å². The number of phosphoric acid groups is 1. The molecule has 0 saturated carbocycles. The molecule has 5 nitrogen and oxygen atoms in total. The Morgan fingerprint density at radius 1 is 1.21 bits per heavy atom. The number of benzene rings is 1. The first-order valence-corrected chi connectivity index (χ1v) is 10.3. The second-order valence-electron chi connectivity index (χ2n) is 6.75. The molecule has 1 aromatic carbocycles. The van der Waals surface area contributed by atoms with Crippen molar-refractivity contribution in [1.29, 1.82) is 0 Å². The average Bonchev–Trinajstić information content (AvgIpc) is 2.70.